The van der Waals surface area contributed by atoms with Gasteiger partial charge in [0.25, 0.3) is 0 Å². The van der Waals surface area contributed by atoms with Crippen molar-refractivity contribution in [2.45, 2.75) is 20.8 Å². The van der Waals surface area contributed by atoms with Gasteiger partial charge in [0.2, 0.25) is 0 Å². The van der Waals surface area contributed by atoms with Gasteiger partial charge in [-0.1, -0.05) is 13.8 Å². The van der Waals surface area contributed by atoms with Gasteiger partial charge in [-0.05, 0) is 25.1 Å². The molecule has 0 amide bonds. The molecule has 0 saturated carbocycles. The molecule has 2 aromatic rings. The molecule has 2 heterocycles. The van der Waals surface area contributed by atoms with Crippen molar-refractivity contribution in [2.75, 3.05) is 0 Å². The van der Waals surface area contributed by atoms with Crippen LogP contribution in [0, 0.1) is 6.92 Å². The van der Waals surface area contributed by atoms with Crippen molar-refractivity contribution in [1.82, 2.24) is 9.55 Å². The summed E-state index contributed by atoms with van der Waals surface area (Å²) < 4.78 is 1.97. The number of carbonyl (C=O) groups is 1. The molecule has 0 fully saturated rings. The van der Waals surface area contributed by atoms with Crippen molar-refractivity contribution in [3.8, 4) is 0 Å². The van der Waals surface area contributed by atoms with E-state index in [2.05, 4.69) is 11.1 Å². The van der Waals surface area contributed by atoms with Crippen molar-refractivity contribution in [1.29, 1.82) is 0 Å². The molecule has 0 aliphatic heterocycles. The van der Waals surface area contributed by atoms with Crippen molar-refractivity contribution in [3.63, 3.8) is 0 Å². The van der Waals surface area contributed by atoms with E-state index in [1.165, 1.54) is 0 Å². The quantitative estimate of drug-likeness (QED) is 0.669. The number of aromatic nitrogens is 2. The predicted octanol–water partition coefficient (Wildman–Crippen LogP) is 2.72. The van der Waals surface area contributed by atoms with Crippen molar-refractivity contribution < 1.29 is 4.79 Å². The van der Waals surface area contributed by atoms with Crippen LogP contribution in [0.4, 0.5) is 0 Å². The number of hydrogen-bond acceptors (Lipinski definition) is 2. The van der Waals surface area contributed by atoms with Crippen LogP contribution in [-0.4, -0.2) is 15.8 Å². The first-order chi connectivity index (χ1) is 7.22. The van der Waals surface area contributed by atoms with Crippen molar-refractivity contribution >= 4 is 17.3 Å². The summed E-state index contributed by atoms with van der Waals surface area (Å²) in [4.78, 5) is 14.7. The summed E-state index contributed by atoms with van der Waals surface area (Å²) in [6.07, 6.45) is 0.766. The van der Waals surface area contributed by atoms with E-state index in [1.54, 1.807) is 6.07 Å². The van der Waals surface area contributed by atoms with E-state index in [-0.39, 0.29) is 0 Å². The minimum Gasteiger partial charge on any atom is -0.333 e. The molecule has 0 bridgehead atoms. The Kier molecular flexibility index (Phi) is 3.61. The first-order valence-electron chi connectivity index (χ1n) is 5.10. The zero-order chi connectivity index (χ0) is 11.4. The smallest absolute Gasteiger partial charge is 0.168 e. The summed E-state index contributed by atoms with van der Waals surface area (Å²) >= 11 is 0. The summed E-state index contributed by atoms with van der Waals surface area (Å²) in [5.41, 5.74) is 2.49. The van der Waals surface area contributed by atoms with Crippen molar-refractivity contribution in [3.05, 3.63) is 29.6 Å². The van der Waals surface area contributed by atoms with Crippen LogP contribution in [0.5, 0.6) is 0 Å². The summed E-state index contributed by atoms with van der Waals surface area (Å²) in [7, 11) is 1.94. The number of aldehydes is 1. The Labute approximate surface area is 89.7 Å². The predicted molar refractivity (Wildman–Crippen MR) is 62.2 cm³/mol. The molecule has 80 valence electrons. The van der Waals surface area contributed by atoms with Gasteiger partial charge in [0.1, 0.15) is 11.3 Å². The Morgan fingerprint density at radius 1 is 1.33 bits per heavy atom. The maximum Gasteiger partial charge on any atom is 0.168 e. The van der Waals surface area contributed by atoms with E-state index >= 15 is 0 Å². The zero-order valence-corrected chi connectivity index (χ0v) is 9.61. The van der Waals surface area contributed by atoms with E-state index in [1.807, 2.05) is 38.5 Å². The van der Waals surface area contributed by atoms with Crippen LogP contribution in [0.1, 0.15) is 30.0 Å². The molecule has 0 atom stereocenters. The molecule has 2 aromatic heterocycles. The number of pyridine rings is 1. The van der Waals surface area contributed by atoms with E-state index in [4.69, 9.17) is 0 Å². The van der Waals surface area contributed by atoms with Crippen LogP contribution in [0.15, 0.2) is 18.2 Å². The highest BCUT2D eigenvalue weighted by Gasteiger charge is 2.03. The number of nitrogens with zero attached hydrogens (tertiary/aromatic N) is 2. The Bertz CT molecular complexity index is 472. The summed E-state index contributed by atoms with van der Waals surface area (Å²) in [5.74, 6) is 0. The Morgan fingerprint density at radius 2 is 2.00 bits per heavy atom. The van der Waals surface area contributed by atoms with Crippen LogP contribution < -0.4 is 0 Å². The molecule has 0 spiro atoms. The van der Waals surface area contributed by atoms with Crippen LogP contribution in [0.3, 0.4) is 0 Å². The highest BCUT2D eigenvalue weighted by molar-refractivity contribution is 5.82. The average Bonchev–Trinajstić information content (AvgIpc) is 2.57. The molecule has 0 radical (unpaired) electrons. The zero-order valence-electron chi connectivity index (χ0n) is 9.61. The summed E-state index contributed by atoms with van der Waals surface area (Å²) in [6, 6.07) is 5.70. The molecule has 0 aromatic carbocycles. The molecule has 15 heavy (non-hydrogen) atoms. The minimum atomic E-state index is 0.480. The molecule has 3 heteroatoms. The SMILES string of the molecule is CC.Cc1cc2ccc(C=O)nc2n1C. The maximum absolute atomic E-state index is 10.5. The van der Waals surface area contributed by atoms with Gasteiger partial charge in [-0.15, -0.1) is 0 Å². The van der Waals surface area contributed by atoms with Crippen molar-refractivity contribution in [2.24, 2.45) is 7.05 Å². The first kappa shape index (κ1) is 11.4. The van der Waals surface area contributed by atoms with Gasteiger partial charge in [-0.2, -0.15) is 0 Å². The second kappa shape index (κ2) is 4.73. The lowest BCUT2D eigenvalue weighted by atomic mass is 10.3. The molecule has 2 rings (SSSR count). The highest BCUT2D eigenvalue weighted by Crippen LogP contribution is 2.15. The summed E-state index contributed by atoms with van der Waals surface area (Å²) in [5, 5.41) is 1.07. The minimum absolute atomic E-state index is 0.480. The van der Waals surface area contributed by atoms with Crippen LogP contribution >= 0.6 is 0 Å². The monoisotopic (exact) mass is 204 g/mol. The third-order valence-corrected chi connectivity index (χ3v) is 2.26. The molecular weight excluding hydrogens is 188 g/mol. The Balaban J connectivity index is 0.000000531. The number of aryl methyl sites for hydroxylation is 2. The molecule has 0 aliphatic rings. The third-order valence-electron chi connectivity index (χ3n) is 2.26. The van der Waals surface area contributed by atoms with Crippen LogP contribution in [0.2, 0.25) is 0 Å². The number of rotatable bonds is 1. The number of hydrogen-bond donors (Lipinski definition) is 0. The molecule has 0 saturated heterocycles. The van der Waals surface area contributed by atoms with E-state index < -0.39 is 0 Å². The normalized spacial score (nSPS) is 9.60. The van der Waals surface area contributed by atoms with Gasteiger partial charge in [0.05, 0.1) is 0 Å². The molecule has 0 unspecified atom stereocenters. The standard InChI is InChI=1S/C10H10N2O.C2H6/c1-7-5-8-3-4-9(6-13)11-10(8)12(7)2;1-2/h3-6H,1-2H3;1-2H3. The van der Waals surface area contributed by atoms with Gasteiger partial charge in [0, 0.05) is 18.1 Å². The van der Waals surface area contributed by atoms with E-state index in [0.29, 0.717) is 5.69 Å². The fraction of sp³-hybridized carbons (Fsp3) is 0.333. The second-order valence-corrected chi connectivity index (χ2v) is 3.11. The average molecular weight is 204 g/mol. The lowest BCUT2D eigenvalue weighted by molar-refractivity contribution is 0.111. The molecule has 3 nitrogen and oxygen atoms in total. The van der Waals surface area contributed by atoms with Crippen LogP contribution in [-0.2, 0) is 7.05 Å². The first-order valence-corrected chi connectivity index (χ1v) is 5.10. The fourth-order valence-corrected chi connectivity index (χ4v) is 1.41. The van der Waals surface area contributed by atoms with Gasteiger partial charge in [-0.3, -0.25) is 4.79 Å². The summed E-state index contributed by atoms with van der Waals surface area (Å²) in [6.45, 7) is 6.02. The Morgan fingerprint density at radius 3 is 2.60 bits per heavy atom. The lowest BCUT2D eigenvalue weighted by Crippen LogP contribution is -1.94. The highest BCUT2D eigenvalue weighted by atomic mass is 16.1. The van der Waals surface area contributed by atoms with Gasteiger partial charge in [0.15, 0.2) is 6.29 Å². The Hall–Kier alpha value is -1.64. The maximum atomic E-state index is 10.5. The van der Waals surface area contributed by atoms with E-state index in [0.717, 1.165) is 23.0 Å². The third kappa shape index (κ3) is 2.06. The van der Waals surface area contributed by atoms with E-state index in [9.17, 15) is 4.79 Å². The second-order valence-electron chi connectivity index (χ2n) is 3.11. The molecule has 0 aliphatic carbocycles. The van der Waals surface area contributed by atoms with Gasteiger partial charge >= 0.3 is 0 Å². The van der Waals surface area contributed by atoms with Crippen LogP contribution in [0.25, 0.3) is 11.0 Å². The number of carbonyl (C=O) groups excluding carboxylic acids is 1. The fourth-order valence-electron chi connectivity index (χ4n) is 1.41. The molecule has 0 N–H and O–H groups in total. The lowest BCUT2D eigenvalue weighted by Gasteiger charge is -1.97. The van der Waals surface area contributed by atoms with Gasteiger partial charge in [-0.25, -0.2) is 4.98 Å². The topological polar surface area (TPSA) is 34.9 Å². The number of fused-ring (bicyclic) bond motifs is 1. The van der Waals surface area contributed by atoms with Gasteiger partial charge < -0.3 is 4.57 Å². The largest absolute Gasteiger partial charge is 0.333 e. The molecular formula is C12H16N2O.